The molecule has 0 unspecified atom stereocenters. The van der Waals surface area contributed by atoms with Crippen LogP contribution >= 0.6 is 23.7 Å². The van der Waals surface area contributed by atoms with Gasteiger partial charge in [-0.25, -0.2) is 4.98 Å². The van der Waals surface area contributed by atoms with Gasteiger partial charge in [0, 0.05) is 25.7 Å². The van der Waals surface area contributed by atoms with E-state index in [4.69, 9.17) is 9.72 Å². The summed E-state index contributed by atoms with van der Waals surface area (Å²) in [6.45, 7) is 4.71. The van der Waals surface area contributed by atoms with Crippen molar-refractivity contribution in [3.8, 4) is 5.75 Å². The molecule has 0 amide bonds. The highest BCUT2D eigenvalue weighted by atomic mass is 35.5. The molecule has 0 radical (unpaired) electrons. The normalized spacial score (nSPS) is 22.2. The third kappa shape index (κ3) is 2.90. The Hall–Kier alpha value is -1.04. The number of benzene rings is 1. The summed E-state index contributed by atoms with van der Waals surface area (Å²) >= 11 is 1.79. The molecule has 2 saturated heterocycles. The van der Waals surface area contributed by atoms with Gasteiger partial charge in [-0.2, -0.15) is 0 Å². The number of hydrogen-bond donors (Lipinski definition) is 0. The fourth-order valence-electron chi connectivity index (χ4n) is 3.48. The van der Waals surface area contributed by atoms with Gasteiger partial charge < -0.3 is 9.64 Å². The standard InChI is InChI=1S/C16H21N3OS.ClH/c1-20-13-5-6-14-15(10-13)21-16(17-14)19-9-8-18-7-3-2-4-12(18)11-19;/h5-6,10,12H,2-4,7-9,11H2,1H3;1H/t12-;/m1./s1. The molecule has 1 atom stereocenters. The zero-order valence-electron chi connectivity index (χ0n) is 12.8. The number of hydrogen-bond acceptors (Lipinski definition) is 5. The first kappa shape index (κ1) is 15.8. The topological polar surface area (TPSA) is 28.6 Å². The number of piperazine rings is 1. The predicted molar refractivity (Wildman–Crippen MR) is 94.8 cm³/mol. The van der Waals surface area contributed by atoms with Crippen LogP contribution in [-0.2, 0) is 0 Å². The van der Waals surface area contributed by atoms with Crippen molar-refractivity contribution in [1.29, 1.82) is 0 Å². The summed E-state index contributed by atoms with van der Waals surface area (Å²) in [4.78, 5) is 9.96. The van der Waals surface area contributed by atoms with Crippen molar-refractivity contribution in [2.75, 3.05) is 38.2 Å². The number of methoxy groups -OCH3 is 1. The van der Waals surface area contributed by atoms with E-state index in [1.165, 1.54) is 42.2 Å². The van der Waals surface area contributed by atoms with Gasteiger partial charge in [-0.05, 0) is 37.6 Å². The smallest absolute Gasteiger partial charge is 0.186 e. The van der Waals surface area contributed by atoms with Crippen molar-refractivity contribution < 1.29 is 4.74 Å². The molecule has 0 spiro atoms. The van der Waals surface area contributed by atoms with Gasteiger partial charge in [0.05, 0.1) is 17.3 Å². The number of thiazole rings is 1. The molecule has 1 aromatic carbocycles. The lowest BCUT2D eigenvalue weighted by atomic mass is 10.00. The maximum absolute atomic E-state index is 5.31. The highest BCUT2D eigenvalue weighted by Gasteiger charge is 2.30. The van der Waals surface area contributed by atoms with Crippen LogP contribution in [0.3, 0.4) is 0 Å². The third-order valence-electron chi connectivity index (χ3n) is 4.69. The van der Waals surface area contributed by atoms with Crippen molar-refractivity contribution in [2.24, 2.45) is 0 Å². The van der Waals surface area contributed by atoms with Gasteiger partial charge >= 0.3 is 0 Å². The molecule has 0 bridgehead atoms. The monoisotopic (exact) mass is 339 g/mol. The zero-order chi connectivity index (χ0) is 14.2. The summed E-state index contributed by atoms with van der Waals surface area (Å²) in [5, 5.41) is 1.17. The molecule has 6 heteroatoms. The van der Waals surface area contributed by atoms with Crippen molar-refractivity contribution in [3.05, 3.63) is 18.2 Å². The average molecular weight is 340 g/mol. The van der Waals surface area contributed by atoms with Crippen LogP contribution in [-0.4, -0.2) is 49.2 Å². The second-order valence-corrected chi connectivity index (χ2v) is 6.97. The second kappa shape index (κ2) is 6.60. The lowest BCUT2D eigenvalue weighted by Crippen LogP contribution is -2.54. The minimum atomic E-state index is 0. The lowest BCUT2D eigenvalue weighted by molar-refractivity contribution is 0.133. The van der Waals surface area contributed by atoms with Gasteiger partial charge in [-0.15, -0.1) is 12.4 Å². The first-order chi connectivity index (χ1) is 10.3. The molecule has 2 aromatic rings. The Labute approximate surface area is 141 Å². The van der Waals surface area contributed by atoms with Gasteiger partial charge in [-0.1, -0.05) is 17.8 Å². The summed E-state index contributed by atoms with van der Waals surface area (Å²) in [5.74, 6) is 0.912. The SMILES string of the molecule is COc1ccc2nc(N3CCN4CCCC[C@@H]4C3)sc2c1.Cl. The number of fused-ring (bicyclic) bond motifs is 2. The number of halogens is 1. The van der Waals surface area contributed by atoms with Gasteiger partial charge in [-0.3, -0.25) is 4.90 Å². The number of nitrogens with zero attached hydrogens (tertiary/aromatic N) is 3. The van der Waals surface area contributed by atoms with Crippen LogP contribution in [0.5, 0.6) is 5.75 Å². The Kier molecular flexibility index (Phi) is 4.76. The van der Waals surface area contributed by atoms with Gasteiger partial charge in [0.15, 0.2) is 5.13 Å². The summed E-state index contributed by atoms with van der Waals surface area (Å²) in [6, 6.07) is 6.87. The summed E-state index contributed by atoms with van der Waals surface area (Å²) in [5.41, 5.74) is 1.09. The van der Waals surface area contributed by atoms with Gasteiger partial charge in [0.25, 0.3) is 0 Å². The van der Waals surface area contributed by atoms with E-state index in [0.717, 1.165) is 30.4 Å². The van der Waals surface area contributed by atoms with Crippen molar-refractivity contribution >= 4 is 39.1 Å². The van der Waals surface area contributed by atoms with Crippen molar-refractivity contribution in [2.45, 2.75) is 25.3 Å². The maximum Gasteiger partial charge on any atom is 0.186 e. The van der Waals surface area contributed by atoms with Crippen LogP contribution in [0.4, 0.5) is 5.13 Å². The number of rotatable bonds is 2. The van der Waals surface area contributed by atoms with Crippen molar-refractivity contribution in [1.82, 2.24) is 9.88 Å². The molecule has 2 aliphatic heterocycles. The van der Waals surface area contributed by atoms with Crippen LogP contribution < -0.4 is 9.64 Å². The number of piperidine rings is 1. The van der Waals surface area contributed by atoms with Gasteiger partial charge in [0.1, 0.15) is 5.75 Å². The quantitative estimate of drug-likeness (QED) is 0.838. The number of ether oxygens (including phenoxy) is 1. The third-order valence-corrected chi connectivity index (χ3v) is 5.77. The Balaban J connectivity index is 0.00000144. The largest absolute Gasteiger partial charge is 0.497 e. The van der Waals surface area contributed by atoms with Crippen LogP contribution in [0.15, 0.2) is 18.2 Å². The Bertz CT molecular complexity index is 647. The zero-order valence-corrected chi connectivity index (χ0v) is 14.5. The maximum atomic E-state index is 5.31. The van der Waals surface area contributed by atoms with Crippen LogP contribution in [0.2, 0.25) is 0 Å². The molecule has 120 valence electrons. The van der Waals surface area contributed by atoms with E-state index in [1.54, 1.807) is 18.4 Å². The van der Waals surface area contributed by atoms with E-state index in [1.807, 2.05) is 6.07 Å². The van der Waals surface area contributed by atoms with E-state index in [-0.39, 0.29) is 12.4 Å². The molecular weight excluding hydrogens is 318 g/mol. The van der Waals surface area contributed by atoms with E-state index in [0.29, 0.717) is 0 Å². The van der Waals surface area contributed by atoms with E-state index < -0.39 is 0 Å². The van der Waals surface area contributed by atoms with E-state index >= 15 is 0 Å². The van der Waals surface area contributed by atoms with Crippen LogP contribution in [0.1, 0.15) is 19.3 Å². The minimum Gasteiger partial charge on any atom is -0.497 e. The Morgan fingerprint density at radius 2 is 2.14 bits per heavy atom. The molecule has 22 heavy (non-hydrogen) atoms. The molecule has 0 aliphatic carbocycles. The Morgan fingerprint density at radius 1 is 1.23 bits per heavy atom. The van der Waals surface area contributed by atoms with Crippen LogP contribution in [0.25, 0.3) is 10.2 Å². The fourth-order valence-corrected chi connectivity index (χ4v) is 4.51. The summed E-state index contributed by atoms with van der Waals surface area (Å²) < 4.78 is 6.52. The summed E-state index contributed by atoms with van der Waals surface area (Å²) in [7, 11) is 1.71. The molecule has 3 heterocycles. The molecule has 4 nitrogen and oxygen atoms in total. The molecule has 0 N–H and O–H groups in total. The molecule has 4 rings (SSSR count). The van der Waals surface area contributed by atoms with Gasteiger partial charge in [0.2, 0.25) is 0 Å². The highest BCUT2D eigenvalue weighted by molar-refractivity contribution is 7.22. The molecule has 2 aliphatic rings. The molecular formula is C16H22ClN3OS. The number of aromatic nitrogens is 1. The minimum absolute atomic E-state index is 0. The predicted octanol–water partition coefficient (Wildman–Crippen LogP) is 3.40. The second-order valence-electron chi connectivity index (χ2n) is 5.96. The number of anilines is 1. The Morgan fingerprint density at radius 3 is 3.00 bits per heavy atom. The highest BCUT2D eigenvalue weighted by Crippen LogP contribution is 2.33. The van der Waals surface area contributed by atoms with Crippen LogP contribution in [0, 0.1) is 0 Å². The summed E-state index contributed by atoms with van der Waals surface area (Å²) in [6.07, 6.45) is 4.10. The molecule has 0 saturated carbocycles. The van der Waals surface area contributed by atoms with E-state index in [2.05, 4.69) is 21.9 Å². The molecule has 1 aromatic heterocycles. The average Bonchev–Trinajstić information content (AvgIpc) is 2.97. The first-order valence-electron chi connectivity index (χ1n) is 7.77. The lowest BCUT2D eigenvalue weighted by Gasteiger charge is -2.43. The molecule has 2 fully saturated rings. The van der Waals surface area contributed by atoms with Crippen molar-refractivity contribution in [3.63, 3.8) is 0 Å². The van der Waals surface area contributed by atoms with E-state index in [9.17, 15) is 0 Å². The first-order valence-corrected chi connectivity index (χ1v) is 8.59. The fraction of sp³-hybridized carbons (Fsp3) is 0.562.